The molecule has 1 heterocycles. The van der Waals surface area contributed by atoms with Crippen LogP contribution in [0, 0.1) is 11.6 Å². The van der Waals surface area contributed by atoms with Gasteiger partial charge in [-0.25, -0.2) is 13.8 Å². The van der Waals surface area contributed by atoms with Gasteiger partial charge in [-0.15, -0.1) is 0 Å². The second-order valence-corrected chi connectivity index (χ2v) is 4.77. The summed E-state index contributed by atoms with van der Waals surface area (Å²) in [5.74, 6) is -1.43. The molecule has 2 aromatic rings. The fourth-order valence-electron chi connectivity index (χ4n) is 2.25. The largest absolute Gasteiger partial charge is 0.475 e. The molecule has 2 aromatic carbocycles. The average molecular weight is 302 g/mol. The number of rotatable bonds is 3. The number of oxime groups is 1. The van der Waals surface area contributed by atoms with Crippen molar-refractivity contribution in [3.05, 3.63) is 70.8 Å². The third-order valence-electron chi connectivity index (χ3n) is 3.36. The van der Waals surface area contributed by atoms with Gasteiger partial charge in [-0.05, 0) is 23.3 Å². The number of ether oxygens (including phenoxy) is 1. The first kappa shape index (κ1) is 14.2. The summed E-state index contributed by atoms with van der Waals surface area (Å²) in [6, 6.07) is 10.4. The predicted octanol–water partition coefficient (Wildman–Crippen LogP) is 3.29. The van der Waals surface area contributed by atoms with Gasteiger partial charge in [-0.2, -0.15) is 0 Å². The van der Waals surface area contributed by atoms with E-state index in [1.807, 2.05) is 0 Å². The average Bonchev–Trinajstić information content (AvgIpc) is 2.98. The summed E-state index contributed by atoms with van der Waals surface area (Å²) in [5.41, 5.74) is 1.34. The molecule has 22 heavy (non-hydrogen) atoms. The zero-order chi connectivity index (χ0) is 15.5. The molecule has 1 atom stereocenters. The van der Waals surface area contributed by atoms with E-state index in [0.717, 1.165) is 11.1 Å². The molecular weight excluding hydrogens is 290 g/mol. The van der Waals surface area contributed by atoms with Crippen LogP contribution in [-0.2, 0) is 4.74 Å². The lowest BCUT2D eigenvalue weighted by atomic mass is 10.1. The quantitative estimate of drug-likeness (QED) is 0.537. The van der Waals surface area contributed by atoms with Crippen molar-refractivity contribution in [1.29, 1.82) is 0 Å². The second kappa shape index (κ2) is 5.93. The van der Waals surface area contributed by atoms with Gasteiger partial charge in [0, 0.05) is 0 Å². The molecule has 1 aliphatic heterocycles. The minimum atomic E-state index is -0.700. The van der Waals surface area contributed by atoms with Gasteiger partial charge in [0.05, 0.1) is 6.21 Å². The van der Waals surface area contributed by atoms with Crippen molar-refractivity contribution >= 4 is 12.1 Å². The SMILES string of the molecule is O/N=C/c1ccc(C2COC(c3c(F)cccc3F)=N2)cc1. The van der Waals surface area contributed by atoms with E-state index in [2.05, 4.69) is 10.1 Å². The smallest absolute Gasteiger partial charge is 0.222 e. The summed E-state index contributed by atoms with van der Waals surface area (Å²) in [6.07, 6.45) is 1.30. The summed E-state index contributed by atoms with van der Waals surface area (Å²) < 4.78 is 32.8. The molecule has 0 spiro atoms. The van der Waals surface area contributed by atoms with E-state index in [9.17, 15) is 8.78 Å². The zero-order valence-electron chi connectivity index (χ0n) is 11.4. The highest BCUT2D eigenvalue weighted by Gasteiger charge is 2.25. The molecule has 0 fully saturated rings. The van der Waals surface area contributed by atoms with E-state index in [4.69, 9.17) is 9.94 Å². The number of halogens is 2. The standard InChI is InChI=1S/C16H12F2N2O2/c17-12-2-1-3-13(18)15(12)16-20-14(9-22-16)11-6-4-10(5-7-11)8-19-21/h1-8,14,21H,9H2/b19-8+. The minimum Gasteiger partial charge on any atom is -0.475 e. The molecule has 0 amide bonds. The molecule has 112 valence electrons. The molecule has 3 rings (SSSR count). The minimum absolute atomic E-state index is 0.0263. The van der Waals surface area contributed by atoms with Crippen molar-refractivity contribution < 1.29 is 18.7 Å². The Kier molecular flexibility index (Phi) is 3.82. The van der Waals surface area contributed by atoms with Gasteiger partial charge < -0.3 is 9.94 Å². The number of hydrogen-bond donors (Lipinski definition) is 1. The number of benzene rings is 2. The van der Waals surface area contributed by atoms with E-state index in [0.29, 0.717) is 0 Å². The molecular formula is C16H12F2N2O2. The number of aliphatic imine (C=N–C) groups is 1. The lowest BCUT2D eigenvalue weighted by Crippen LogP contribution is -2.07. The summed E-state index contributed by atoms with van der Waals surface area (Å²) in [4.78, 5) is 4.26. The van der Waals surface area contributed by atoms with E-state index in [1.54, 1.807) is 24.3 Å². The summed E-state index contributed by atoms with van der Waals surface area (Å²) >= 11 is 0. The van der Waals surface area contributed by atoms with Crippen LogP contribution in [0.3, 0.4) is 0 Å². The first-order chi connectivity index (χ1) is 10.7. The molecule has 0 saturated heterocycles. The molecule has 0 aromatic heterocycles. The predicted molar refractivity (Wildman–Crippen MR) is 77.4 cm³/mol. The van der Waals surface area contributed by atoms with Gasteiger partial charge in [0.15, 0.2) is 0 Å². The highest BCUT2D eigenvalue weighted by atomic mass is 19.1. The lowest BCUT2D eigenvalue weighted by molar-refractivity contribution is 0.317. The van der Waals surface area contributed by atoms with E-state index >= 15 is 0 Å². The molecule has 6 heteroatoms. The van der Waals surface area contributed by atoms with Crippen molar-refractivity contribution in [3.8, 4) is 0 Å². The van der Waals surface area contributed by atoms with E-state index in [1.165, 1.54) is 24.4 Å². The highest BCUT2D eigenvalue weighted by molar-refractivity contribution is 5.95. The van der Waals surface area contributed by atoms with Crippen LogP contribution in [-0.4, -0.2) is 23.9 Å². The molecule has 0 bridgehead atoms. The molecule has 0 saturated carbocycles. The highest BCUT2D eigenvalue weighted by Crippen LogP contribution is 2.27. The van der Waals surface area contributed by atoms with Crippen LogP contribution in [0.2, 0.25) is 0 Å². The van der Waals surface area contributed by atoms with Crippen LogP contribution in [0.1, 0.15) is 22.7 Å². The van der Waals surface area contributed by atoms with Gasteiger partial charge in [0.25, 0.3) is 0 Å². The molecule has 0 radical (unpaired) electrons. The molecule has 1 aliphatic rings. The number of nitrogens with zero attached hydrogens (tertiary/aromatic N) is 2. The Morgan fingerprint density at radius 1 is 1.14 bits per heavy atom. The molecule has 1 N–H and O–H groups in total. The normalized spacial score (nSPS) is 17.5. The fraction of sp³-hybridized carbons (Fsp3) is 0.125. The Labute approximate surface area is 125 Å². The van der Waals surface area contributed by atoms with Gasteiger partial charge in [-0.1, -0.05) is 35.5 Å². The van der Waals surface area contributed by atoms with Crippen molar-refractivity contribution in [2.45, 2.75) is 6.04 Å². The van der Waals surface area contributed by atoms with Crippen LogP contribution in [0.15, 0.2) is 52.6 Å². The lowest BCUT2D eigenvalue weighted by Gasteiger charge is -2.05. The van der Waals surface area contributed by atoms with E-state index in [-0.39, 0.29) is 24.1 Å². The summed E-state index contributed by atoms with van der Waals surface area (Å²) in [7, 11) is 0. The Morgan fingerprint density at radius 2 is 1.82 bits per heavy atom. The van der Waals surface area contributed by atoms with Crippen LogP contribution < -0.4 is 0 Å². The van der Waals surface area contributed by atoms with Crippen LogP contribution in [0.25, 0.3) is 0 Å². The first-order valence-electron chi connectivity index (χ1n) is 6.61. The Balaban J connectivity index is 1.88. The van der Waals surface area contributed by atoms with Crippen LogP contribution in [0.4, 0.5) is 8.78 Å². The van der Waals surface area contributed by atoms with Crippen LogP contribution in [0.5, 0.6) is 0 Å². The van der Waals surface area contributed by atoms with Gasteiger partial charge in [-0.3, -0.25) is 0 Å². The molecule has 4 nitrogen and oxygen atoms in total. The van der Waals surface area contributed by atoms with Gasteiger partial charge in [0.2, 0.25) is 5.90 Å². The third-order valence-corrected chi connectivity index (χ3v) is 3.36. The Hall–Kier alpha value is -2.76. The van der Waals surface area contributed by atoms with Crippen molar-refractivity contribution in [2.24, 2.45) is 10.1 Å². The monoisotopic (exact) mass is 302 g/mol. The molecule has 0 aliphatic carbocycles. The van der Waals surface area contributed by atoms with E-state index < -0.39 is 11.6 Å². The zero-order valence-corrected chi connectivity index (χ0v) is 11.4. The topological polar surface area (TPSA) is 54.2 Å². The fourth-order valence-corrected chi connectivity index (χ4v) is 2.25. The summed E-state index contributed by atoms with van der Waals surface area (Å²) in [5, 5.41) is 11.4. The van der Waals surface area contributed by atoms with Crippen LogP contribution >= 0.6 is 0 Å². The Morgan fingerprint density at radius 3 is 2.45 bits per heavy atom. The van der Waals surface area contributed by atoms with Gasteiger partial charge in [0.1, 0.15) is 29.8 Å². The third kappa shape index (κ3) is 2.67. The van der Waals surface area contributed by atoms with Crippen molar-refractivity contribution in [3.63, 3.8) is 0 Å². The van der Waals surface area contributed by atoms with Crippen molar-refractivity contribution in [1.82, 2.24) is 0 Å². The van der Waals surface area contributed by atoms with Crippen molar-refractivity contribution in [2.75, 3.05) is 6.61 Å². The Bertz CT molecular complexity index is 722. The maximum atomic E-state index is 13.7. The first-order valence-corrected chi connectivity index (χ1v) is 6.61. The van der Waals surface area contributed by atoms with Gasteiger partial charge >= 0.3 is 0 Å². The maximum absolute atomic E-state index is 13.7. The molecule has 1 unspecified atom stereocenters. The maximum Gasteiger partial charge on any atom is 0.222 e. The summed E-state index contributed by atoms with van der Waals surface area (Å²) in [6.45, 7) is 0.219. The second-order valence-electron chi connectivity index (χ2n) is 4.77. The number of hydrogen-bond acceptors (Lipinski definition) is 4.